The van der Waals surface area contributed by atoms with Gasteiger partial charge in [-0.2, -0.15) is 0 Å². The van der Waals surface area contributed by atoms with Crippen LogP contribution in [0.5, 0.6) is 5.75 Å². The fourth-order valence-electron chi connectivity index (χ4n) is 4.74. The number of carbonyl (C=O) groups is 1. The average Bonchev–Trinajstić information content (AvgIpc) is 3.44. The van der Waals surface area contributed by atoms with Crippen LogP contribution in [0.4, 0.5) is 0 Å². The highest BCUT2D eigenvalue weighted by Crippen LogP contribution is 2.21. The Hall–Kier alpha value is -3.66. The fourth-order valence-corrected chi connectivity index (χ4v) is 4.74. The zero-order valence-electron chi connectivity index (χ0n) is 22.7. The van der Waals surface area contributed by atoms with Crippen LogP contribution in [0, 0.1) is 0 Å². The van der Waals surface area contributed by atoms with Crippen LogP contribution >= 0.6 is 0 Å². The number of imidazole rings is 1. The summed E-state index contributed by atoms with van der Waals surface area (Å²) in [6, 6.07) is 25.3. The van der Waals surface area contributed by atoms with Crippen molar-refractivity contribution in [3.8, 4) is 22.6 Å². The highest BCUT2D eigenvalue weighted by atomic mass is 16.5. The van der Waals surface area contributed by atoms with Crippen molar-refractivity contribution < 1.29 is 14.1 Å². The smallest absolute Gasteiger partial charge is 0.343 e. The molecule has 0 saturated carbocycles. The maximum atomic E-state index is 12.6. The van der Waals surface area contributed by atoms with Crippen molar-refractivity contribution in [2.75, 3.05) is 0 Å². The zero-order valence-corrected chi connectivity index (χ0v) is 22.7. The summed E-state index contributed by atoms with van der Waals surface area (Å²) in [7, 11) is 0. The van der Waals surface area contributed by atoms with Gasteiger partial charge in [0.1, 0.15) is 23.8 Å². The van der Waals surface area contributed by atoms with Gasteiger partial charge >= 0.3 is 5.97 Å². The fraction of sp³-hybridized carbons (Fsp3) is 0.353. The van der Waals surface area contributed by atoms with Crippen molar-refractivity contribution in [2.24, 2.45) is 0 Å². The third-order valence-corrected chi connectivity index (χ3v) is 7.03. The predicted molar refractivity (Wildman–Crippen MR) is 155 cm³/mol. The Morgan fingerprint density at radius 2 is 1.32 bits per heavy atom. The quantitative estimate of drug-likeness (QED) is 0.0696. The lowest BCUT2D eigenvalue weighted by molar-refractivity contribution is -0.696. The summed E-state index contributed by atoms with van der Waals surface area (Å²) in [6.07, 6.45) is 19.9. The number of hydrogen-bond donors (Lipinski definition) is 0. The van der Waals surface area contributed by atoms with E-state index in [2.05, 4.69) is 46.9 Å². The molecule has 0 amide bonds. The van der Waals surface area contributed by atoms with E-state index < -0.39 is 0 Å². The van der Waals surface area contributed by atoms with Gasteiger partial charge in [-0.05, 0) is 60.4 Å². The number of benzene rings is 3. The number of nitrogens with zero attached hydrogens (tertiary/aromatic N) is 2. The van der Waals surface area contributed by atoms with Gasteiger partial charge in [-0.15, -0.1) is 0 Å². The van der Waals surface area contributed by atoms with Crippen molar-refractivity contribution in [2.45, 2.75) is 77.7 Å². The van der Waals surface area contributed by atoms with Crippen LogP contribution in [0.3, 0.4) is 0 Å². The number of hydrogen-bond acceptors (Lipinski definition) is 2. The van der Waals surface area contributed by atoms with E-state index in [4.69, 9.17) is 4.74 Å². The molecule has 0 unspecified atom stereocenters. The molecule has 0 radical (unpaired) electrons. The maximum Gasteiger partial charge on any atom is 0.343 e. The maximum absolute atomic E-state index is 12.6. The summed E-state index contributed by atoms with van der Waals surface area (Å²) >= 11 is 0. The first-order chi connectivity index (χ1) is 18.7. The first-order valence-electron chi connectivity index (χ1n) is 14.3. The summed E-state index contributed by atoms with van der Waals surface area (Å²) in [5, 5.41) is 0. The van der Waals surface area contributed by atoms with Crippen LogP contribution in [0.25, 0.3) is 16.8 Å². The van der Waals surface area contributed by atoms with Crippen molar-refractivity contribution >= 4 is 5.97 Å². The molecule has 1 aromatic heterocycles. The van der Waals surface area contributed by atoms with E-state index >= 15 is 0 Å². The normalized spacial score (nSPS) is 11.0. The first-order valence-corrected chi connectivity index (χ1v) is 14.3. The van der Waals surface area contributed by atoms with Gasteiger partial charge in [-0.25, -0.2) is 13.9 Å². The molecule has 4 heteroatoms. The Balaban J connectivity index is 1.19. The lowest BCUT2D eigenvalue weighted by Crippen LogP contribution is -2.30. The SMILES string of the molecule is CCCCCCCCCCCC[n+]1ccn(-c2ccc(OC(=O)c3ccc(-c4ccccc4)cc3)cc2)c1. The van der Waals surface area contributed by atoms with Gasteiger partial charge in [0.25, 0.3) is 0 Å². The summed E-state index contributed by atoms with van der Waals surface area (Å²) in [5.41, 5.74) is 3.77. The third kappa shape index (κ3) is 8.44. The number of aromatic nitrogens is 2. The monoisotopic (exact) mass is 509 g/mol. The Morgan fingerprint density at radius 3 is 1.97 bits per heavy atom. The van der Waals surface area contributed by atoms with E-state index in [-0.39, 0.29) is 5.97 Å². The largest absolute Gasteiger partial charge is 0.423 e. The van der Waals surface area contributed by atoms with Crippen LogP contribution in [-0.2, 0) is 6.54 Å². The van der Waals surface area contributed by atoms with Gasteiger partial charge in [0.05, 0.1) is 12.1 Å². The number of carbonyl (C=O) groups excluding carboxylic acids is 1. The molecule has 0 bridgehead atoms. The molecule has 4 rings (SSSR count). The molecule has 3 aromatic carbocycles. The van der Waals surface area contributed by atoms with Gasteiger partial charge in [0.2, 0.25) is 6.33 Å². The molecule has 198 valence electrons. The van der Waals surface area contributed by atoms with E-state index in [1.54, 1.807) is 0 Å². The summed E-state index contributed by atoms with van der Waals surface area (Å²) in [4.78, 5) is 12.6. The molecule has 0 saturated heterocycles. The molecule has 0 N–H and O–H groups in total. The van der Waals surface area contributed by atoms with Crippen LogP contribution in [0.15, 0.2) is 97.6 Å². The summed E-state index contributed by atoms with van der Waals surface area (Å²) in [5.74, 6) is 0.184. The minimum atomic E-state index is -0.354. The highest BCUT2D eigenvalue weighted by Gasteiger charge is 2.11. The topological polar surface area (TPSA) is 35.1 Å². The number of unbranched alkanes of at least 4 members (excludes halogenated alkanes) is 9. The van der Waals surface area contributed by atoms with Crippen LogP contribution in [0.1, 0.15) is 81.5 Å². The lowest BCUT2D eigenvalue weighted by Gasteiger charge is -2.06. The van der Waals surface area contributed by atoms with Gasteiger partial charge in [-0.3, -0.25) is 0 Å². The standard InChI is InChI=1S/C34H41N2O2/c1-2-3-4-5-6-7-8-9-10-14-25-35-26-27-36(28-35)32-21-23-33(24-22-32)38-34(37)31-19-17-30(18-20-31)29-15-12-11-13-16-29/h11-13,15-24,26-28H,2-10,14,25H2,1H3/q+1. The summed E-state index contributed by atoms with van der Waals surface area (Å²) in [6.45, 7) is 3.32. The second-order valence-corrected chi connectivity index (χ2v) is 10.1. The Bertz CT molecular complexity index is 1230. The van der Waals surface area contributed by atoms with Gasteiger partial charge in [-0.1, -0.05) is 101 Å². The molecule has 0 spiro atoms. The number of rotatable bonds is 15. The molecule has 0 aliphatic carbocycles. The highest BCUT2D eigenvalue weighted by molar-refractivity contribution is 5.91. The predicted octanol–water partition coefficient (Wildman–Crippen LogP) is 8.57. The van der Waals surface area contributed by atoms with E-state index in [9.17, 15) is 4.79 Å². The molecule has 0 aliphatic heterocycles. The number of esters is 1. The molecular weight excluding hydrogens is 468 g/mol. The molecule has 0 aliphatic rings. The third-order valence-electron chi connectivity index (χ3n) is 7.03. The molecule has 4 aromatic rings. The van der Waals surface area contributed by atoms with Gasteiger partial charge in [0, 0.05) is 0 Å². The Morgan fingerprint density at radius 1 is 0.711 bits per heavy atom. The lowest BCUT2D eigenvalue weighted by atomic mass is 10.0. The molecule has 0 fully saturated rings. The van der Waals surface area contributed by atoms with Gasteiger partial charge in [0.15, 0.2) is 0 Å². The van der Waals surface area contributed by atoms with Crippen molar-refractivity contribution in [1.82, 2.24) is 4.57 Å². The van der Waals surface area contributed by atoms with E-state index in [0.717, 1.165) is 23.4 Å². The first kappa shape index (κ1) is 27.4. The van der Waals surface area contributed by atoms with Crippen LogP contribution in [0.2, 0.25) is 0 Å². The van der Waals surface area contributed by atoms with Crippen molar-refractivity contribution in [3.05, 3.63) is 103 Å². The minimum absolute atomic E-state index is 0.354. The van der Waals surface area contributed by atoms with Crippen LogP contribution < -0.4 is 9.30 Å². The Labute approximate surface area is 227 Å². The van der Waals surface area contributed by atoms with Crippen molar-refractivity contribution in [1.29, 1.82) is 0 Å². The van der Waals surface area contributed by atoms with E-state index in [1.807, 2.05) is 66.7 Å². The minimum Gasteiger partial charge on any atom is -0.423 e. The second kappa shape index (κ2) is 14.9. The molecular formula is C34H41N2O2+. The van der Waals surface area contributed by atoms with Crippen molar-refractivity contribution in [3.63, 3.8) is 0 Å². The number of ether oxygens (including phenoxy) is 1. The molecule has 0 atom stereocenters. The molecule has 38 heavy (non-hydrogen) atoms. The average molecular weight is 510 g/mol. The Kier molecular flexibility index (Phi) is 10.8. The van der Waals surface area contributed by atoms with Gasteiger partial charge < -0.3 is 4.74 Å². The summed E-state index contributed by atoms with van der Waals surface area (Å²) < 4.78 is 9.96. The second-order valence-electron chi connectivity index (χ2n) is 10.1. The molecule has 4 nitrogen and oxygen atoms in total. The molecule has 1 heterocycles. The van der Waals surface area contributed by atoms with E-state index in [0.29, 0.717) is 11.3 Å². The van der Waals surface area contributed by atoms with E-state index in [1.165, 1.54) is 64.2 Å². The van der Waals surface area contributed by atoms with Crippen LogP contribution in [-0.4, -0.2) is 10.5 Å². The zero-order chi connectivity index (χ0) is 26.4. The number of aryl methyl sites for hydroxylation is 1.